The van der Waals surface area contributed by atoms with Crippen molar-refractivity contribution in [2.24, 2.45) is 0 Å². The van der Waals surface area contributed by atoms with Crippen LogP contribution in [0.3, 0.4) is 0 Å². The van der Waals surface area contributed by atoms with Crippen molar-refractivity contribution < 1.29 is 28.2 Å². The van der Waals surface area contributed by atoms with Crippen molar-refractivity contribution in [2.45, 2.75) is 11.4 Å². The lowest BCUT2D eigenvalue weighted by atomic mass is 10.2. The van der Waals surface area contributed by atoms with Gasteiger partial charge < -0.3 is 10.2 Å². The molecule has 1 heterocycles. The summed E-state index contributed by atoms with van der Waals surface area (Å²) in [5, 5.41) is 15.5. The highest BCUT2D eigenvalue weighted by atomic mass is 35.5. The van der Waals surface area contributed by atoms with Crippen LogP contribution in [0, 0.1) is 0 Å². The van der Waals surface area contributed by atoms with Gasteiger partial charge in [-0.1, -0.05) is 41.9 Å². The smallest absolute Gasteiger partial charge is 0.414 e. The summed E-state index contributed by atoms with van der Waals surface area (Å²) >= 11 is 5.89. The Bertz CT molecular complexity index is 915. The number of rotatable bonds is 4. The molecule has 8 nitrogen and oxygen atoms in total. The Morgan fingerprint density at radius 2 is 1.38 bits per heavy atom. The van der Waals surface area contributed by atoms with Crippen LogP contribution < -0.4 is 0 Å². The molecule has 0 aliphatic carbocycles. The lowest BCUT2D eigenvalue weighted by molar-refractivity contribution is -0.159. The molecule has 0 spiro atoms. The van der Waals surface area contributed by atoms with E-state index in [0.29, 0.717) is 18.0 Å². The fraction of sp³-hybridized carbons (Fsp3) is 0.263. The zero-order valence-corrected chi connectivity index (χ0v) is 17.0. The third-order valence-electron chi connectivity index (χ3n) is 4.21. The highest BCUT2D eigenvalue weighted by Crippen LogP contribution is 2.18. The van der Waals surface area contributed by atoms with Gasteiger partial charge >= 0.3 is 11.9 Å². The largest absolute Gasteiger partial charge is 0.473 e. The minimum atomic E-state index is -3.37. The summed E-state index contributed by atoms with van der Waals surface area (Å²) in [6.07, 6.45) is 0. The van der Waals surface area contributed by atoms with Crippen molar-refractivity contribution in [1.82, 2.24) is 9.21 Å². The van der Waals surface area contributed by atoms with E-state index >= 15 is 0 Å². The second-order valence-electron chi connectivity index (χ2n) is 6.23. The third-order valence-corrected chi connectivity index (χ3v) is 6.38. The molecule has 10 heteroatoms. The summed E-state index contributed by atoms with van der Waals surface area (Å²) in [6.45, 7) is 3.31. The number of hydrogen-bond donors (Lipinski definition) is 2. The predicted molar refractivity (Wildman–Crippen MR) is 107 cm³/mol. The fourth-order valence-corrected chi connectivity index (χ4v) is 4.29. The lowest BCUT2D eigenvalue weighted by Crippen LogP contribution is -2.48. The van der Waals surface area contributed by atoms with E-state index in [0.717, 1.165) is 24.7 Å². The van der Waals surface area contributed by atoms with Crippen molar-refractivity contribution >= 4 is 33.6 Å². The van der Waals surface area contributed by atoms with Gasteiger partial charge in [0.25, 0.3) is 0 Å². The van der Waals surface area contributed by atoms with Crippen LogP contribution in [0.1, 0.15) is 5.56 Å². The zero-order valence-electron chi connectivity index (χ0n) is 15.4. The van der Waals surface area contributed by atoms with E-state index in [1.54, 1.807) is 28.6 Å². The molecule has 2 aromatic rings. The van der Waals surface area contributed by atoms with Crippen molar-refractivity contribution in [3.05, 3.63) is 65.2 Å². The Morgan fingerprint density at radius 3 is 1.86 bits per heavy atom. The zero-order chi connectivity index (χ0) is 21.4. The van der Waals surface area contributed by atoms with Gasteiger partial charge in [-0.05, 0) is 29.8 Å². The molecule has 0 unspecified atom stereocenters. The number of sulfonamides is 1. The van der Waals surface area contributed by atoms with E-state index in [2.05, 4.69) is 4.90 Å². The molecule has 0 amide bonds. The molecule has 3 rings (SSSR count). The molecule has 0 bridgehead atoms. The Morgan fingerprint density at radius 1 is 0.862 bits per heavy atom. The first-order valence-corrected chi connectivity index (χ1v) is 10.5. The van der Waals surface area contributed by atoms with Crippen LogP contribution in [0.25, 0.3) is 0 Å². The van der Waals surface area contributed by atoms with E-state index in [1.807, 2.05) is 30.3 Å². The predicted octanol–water partition coefficient (Wildman–Crippen LogP) is 2.00. The molecule has 1 aliphatic heterocycles. The molecule has 29 heavy (non-hydrogen) atoms. The summed E-state index contributed by atoms with van der Waals surface area (Å²) in [6, 6.07) is 16.4. The monoisotopic (exact) mass is 440 g/mol. The van der Waals surface area contributed by atoms with Crippen LogP contribution in [-0.2, 0) is 26.2 Å². The molecule has 156 valence electrons. The second-order valence-corrected chi connectivity index (χ2v) is 8.60. The number of carbonyl (C=O) groups is 2. The van der Waals surface area contributed by atoms with E-state index in [4.69, 9.17) is 31.4 Å². The summed E-state index contributed by atoms with van der Waals surface area (Å²) < 4.78 is 26.7. The number of aliphatic carboxylic acids is 2. The first-order chi connectivity index (χ1) is 13.7. The van der Waals surface area contributed by atoms with Crippen LogP contribution >= 0.6 is 11.6 Å². The first kappa shape index (κ1) is 22.8. The number of benzene rings is 2. The molecular weight excluding hydrogens is 420 g/mol. The number of hydrogen-bond acceptors (Lipinski definition) is 5. The van der Waals surface area contributed by atoms with Crippen LogP contribution in [0.5, 0.6) is 0 Å². The molecule has 2 aromatic carbocycles. The van der Waals surface area contributed by atoms with Crippen LogP contribution in [0.2, 0.25) is 5.02 Å². The van der Waals surface area contributed by atoms with E-state index in [1.165, 1.54) is 5.56 Å². The standard InChI is InChI=1S/C17H19ClN2O2S.C2H2O4/c18-16-8-6-15(7-9-16)14-19-10-12-20(13-11-19)23(21,22)17-4-2-1-3-5-17;3-1(4)2(5)6/h1-9H,10-14H2;(H,3,4)(H,5,6). The average Bonchev–Trinajstić information content (AvgIpc) is 2.71. The van der Waals surface area contributed by atoms with Crippen molar-refractivity contribution in [3.8, 4) is 0 Å². The van der Waals surface area contributed by atoms with Crippen molar-refractivity contribution in [3.63, 3.8) is 0 Å². The summed E-state index contributed by atoms with van der Waals surface area (Å²) in [5.41, 5.74) is 1.19. The van der Waals surface area contributed by atoms with Crippen LogP contribution in [0.4, 0.5) is 0 Å². The van der Waals surface area contributed by atoms with Gasteiger partial charge in [-0.15, -0.1) is 0 Å². The van der Waals surface area contributed by atoms with Gasteiger partial charge in [0.2, 0.25) is 10.0 Å². The van der Waals surface area contributed by atoms with Gasteiger partial charge in [0, 0.05) is 37.7 Å². The summed E-state index contributed by atoms with van der Waals surface area (Å²) in [4.78, 5) is 20.8. The van der Waals surface area contributed by atoms with Gasteiger partial charge in [0.15, 0.2) is 0 Å². The van der Waals surface area contributed by atoms with Gasteiger partial charge in [-0.2, -0.15) is 4.31 Å². The fourth-order valence-electron chi connectivity index (χ4n) is 2.72. The molecular formula is C19H21ClN2O6S. The topological polar surface area (TPSA) is 115 Å². The van der Waals surface area contributed by atoms with Gasteiger partial charge in [-0.25, -0.2) is 18.0 Å². The molecule has 1 fully saturated rings. The first-order valence-electron chi connectivity index (χ1n) is 8.68. The van der Waals surface area contributed by atoms with E-state index < -0.39 is 22.0 Å². The Labute approximate surface area is 174 Å². The quantitative estimate of drug-likeness (QED) is 0.698. The number of carboxylic acid groups (broad SMARTS) is 2. The minimum absolute atomic E-state index is 0.367. The number of carboxylic acids is 2. The minimum Gasteiger partial charge on any atom is -0.473 e. The summed E-state index contributed by atoms with van der Waals surface area (Å²) in [5.74, 6) is -3.65. The number of piperazine rings is 1. The maximum Gasteiger partial charge on any atom is 0.414 e. The maximum absolute atomic E-state index is 12.6. The highest BCUT2D eigenvalue weighted by molar-refractivity contribution is 7.89. The van der Waals surface area contributed by atoms with Gasteiger partial charge in [-0.3, -0.25) is 4.90 Å². The molecule has 0 aromatic heterocycles. The average molecular weight is 441 g/mol. The highest BCUT2D eigenvalue weighted by Gasteiger charge is 2.28. The molecule has 0 radical (unpaired) electrons. The number of nitrogens with zero attached hydrogens (tertiary/aromatic N) is 2. The molecule has 2 N–H and O–H groups in total. The van der Waals surface area contributed by atoms with Crippen molar-refractivity contribution in [2.75, 3.05) is 26.2 Å². The summed E-state index contributed by atoms with van der Waals surface area (Å²) in [7, 11) is -3.37. The SMILES string of the molecule is O=C(O)C(=O)O.O=S(=O)(c1ccccc1)N1CCN(Cc2ccc(Cl)cc2)CC1. The third kappa shape index (κ3) is 6.82. The van der Waals surface area contributed by atoms with Gasteiger partial charge in [0.1, 0.15) is 0 Å². The Balaban J connectivity index is 0.000000438. The molecule has 1 saturated heterocycles. The second kappa shape index (κ2) is 10.4. The van der Waals surface area contributed by atoms with Gasteiger partial charge in [0.05, 0.1) is 4.90 Å². The molecule has 1 aliphatic rings. The maximum atomic E-state index is 12.6. The number of halogens is 1. The Kier molecular flexibility index (Phi) is 8.15. The lowest BCUT2D eigenvalue weighted by Gasteiger charge is -2.34. The molecule has 0 saturated carbocycles. The normalized spacial score (nSPS) is 15.2. The van der Waals surface area contributed by atoms with Crippen LogP contribution in [-0.4, -0.2) is 66.0 Å². The van der Waals surface area contributed by atoms with Crippen LogP contribution in [0.15, 0.2) is 59.5 Å². The molecule has 0 atom stereocenters. The van der Waals surface area contributed by atoms with Crippen molar-refractivity contribution in [1.29, 1.82) is 0 Å². The van der Waals surface area contributed by atoms with E-state index in [9.17, 15) is 8.42 Å². The Hall–Kier alpha value is -2.46. The van der Waals surface area contributed by atoms with E-state index in [-0.39, 0.29) is 0 Å².